The highest BCUT2D eigenvalue weighted by molar-refractivity contribution is 6.30. The van der Waals surface area contributed by atoms with Crippen molar-refractivity contribution in [2.24, 2.45) is 0 Å². The van der Waals surface area contributed by atoms with Crippen LogP contribution in [0.15, 0.2) is 35.9 Å². The van der Waals surface area contributed by atoms with Crippen molar-refractivity contribution in [1.29, 1.82) is 0 Å². The molecule has 0 aromatic heterocycles. The molecule has 0 aliphatic carbocycles. The summed E-state index contributed by atoms with van der Waals surface area (Å²) in [6, 6.07) is 6.30. The third-order valence-corrected chi connectivity index (χ3v) is 3.76. The van der Waals surface area contributed by atoms with Crippen LogP contribution in [0.5, 0.6) is 5.75 Å². The number of carbonyl (C=O) groups is 2. The average molecular weight is 445 g/mol. The van der Waals surface area contributed by atoms with Crippen LogP contribution in [0.25, 0.3) is 0 Å². The molecule has 1 rings (SSSR count). The molecule has 7 nitrogen and oxygen atoms in total. The number of benzene rings is 1. The fourth-order valence-electron chi connectivity index (χ4n) is 1.82. The minimum absolute atomic E-state index is 0.0847. The normalized spacial score (nSPS) is 11.9. The molecule has 1 aromatic rings. The van der Waals surface area contributed by atoms with Crippen molar-refractivity contribution in [3.05, 3.63) is 40.9 Å². The van der Waals surface area contributed by atoms with Crippen molar-refractivity contribution in [2.75, 3.05) is 33.0 Å². The monoisotopic (exact) mass is 444 g/mol. The number of hydrogen-bond acceptors (Lipinski definition) is 6. The minimum atomic E-state index is -1.35. The Kier molecular flexibility index (Phi) is 12.6. The van der Waals surface area contributed by atoms with E-state index < -0.39 is 17.5 Å². The summed E-state index contributed by atoms with van der Waals surface area (Å²) in [5.41, 5.74) is -1.27. The molecule has 0 spiro atoms. The van der Waals surface area contributed by atoms with Crippen molar-refractivity contribution in [3.8, 4) is 17.6 Å². The van der Waals surface area contributed by atoms with Gasteiger partial charge in [0.15, 0.2) is 6.61 Å². The Bertz CT molecular complexity index is 735. The van der Waals surface area contributed by atoms with Gasteiger partial charge in [0.05, 0.1) is 19.8 Å². The Hall–Kier alpha value is -2.24. The predicted octanol–water partition coefficient (Wildman–Crippen LogP) is 3.28. The van der Waals surface area contributed by atoms with Gasteiger partial charge in [0.1, 0.15) is 5.75 Å². The zero-order valence-electron chi connectivity index (χ0n) is 15.9. The number of rotatable bonds is 12. The van der Waals surface area contributed by atoms with E-state index in [2.05, 4.69) is 11.8 Å². The molecule has 1 aromatic carbocycles. The first-order valence-corrected chi connectivity index (χ1v) is 9.54. The minimum Gasteiger partial charge on any atom is -0.478 e. The molecule has 1 unspecified atom stereocenters. The van der Waals surface area contributed by atoms with E-state index in [4.69, 9.17) is 47.3 Å². The van der Waals surface area contributed by atoms with Gasteiger partial charge in [0.2, 0.25) is 0 Å². The Labute approximate surface area is 179 Å². The highest BCUT2D eigenvalue weighted by atomic mass is 35.5. The number of carboxylic acid groups (broad SMARTS) is 1. The van der Waals surface area contributed by atoms with Gasteiger partial charge in [-0.1, -0.05) is 35.0 Å². The first kappa shape index (κ1) is 24.8. The molecular formula is C20H22Cl2O7. The lowest BCUT2D eigenvalue weighted by Gasteiger charge is -2.10. The van der Waals surface area contributed by atoms with Gasteiger partial charge in [0, 0.05) is 23.6 Å². The summed E-state index contributed by atoms with van der Waals surface area (Å²) in [5, 5.41) is 9.67. The first-order valence-electron chi connectivity index (χ1n) is 8.73. The van der Waals surface area contributed by atoms with E-state index in [0.29, 0.717) is 30.6 Å². The third kappa shape index (κ3) is 11.4. The molecule has 1 atom stereocenters. The standard InChI is InChI=1S/C20H22Cl2O7/c1-2-26-13-14-27-12-10-15(19(23)24)5-3-4-11-28-20(25)18(22)29-17-8-6-16(21)7-9-17/h5-9,18H,2,10-14H2,1H3,(H,23,24). The second-order valence-corrected chi connectivity index (χ2v) is 6.18. The number of carbonyl (C=O) groups excluding carboxylic acids is 1. The molecule has 0 aliphatic rings. The smallest absolute Gasteiger partial charge is 0.364 e. The molecule has 0 fully saturated rings. The molecule has 1 N–H and O–H groups in total. The Morgan fingerprint density at radius 2 is 1.86 bits per heavy atom. The van der Waals surface area contributed by atoms with Crippen molar-refractivity contribution < 1.29 is 33.6 Å². The van der Waals surface area contributed by atoms with Crippen LogP contribution >= 0.6 is 23.2 Å². The second kappa shape index (κ2) is 14.7. The number of alkyl halides is 1. The number of hydrogen-bond donors (Lipinski definition) is 1. The third-order valence-electron chi connectivity index (χ3n) is 3.24. The van der Waals surface area contributed by atoms with Crippen LogP contribution in [0.1, 0.15) is 13.3 Å². The van der Waals surface area contributed by atoms with Gasteiger partial charge in [0.25, 0.3) is 5.56 Å². The van der Waals surface area contributed by atoms with Crippen molar-refractivity contribution in [1.82, 2.24) is 0 Å². The Morgan fingerprint density at radius 3 is 2.52 bits per heavy atom. The summed E-state index contributed by atoms with van der Waals surface area (Å²) in [7, 11) is 0. The first-order chi connectivity index (χ1) is 13.9. The molecule has 158 valence electrons. The van der Waals surface area contributed by atoms with Gasteiger partial charge in [-0.2, -0.15) is 0 Å². The van der Waals surface area contributed by atoms with Crippen LogP contribution in [-0.2, 0) is 23.8 Å². The van der Waals surface area contributed by atoms with Crippen molar-refractivity contribution in [2.45, 2.75) is 18.9 Å². The van der Waals surface area contributed by atoms with E-state index in [1.807, 2.05) is 6.92 Å². The number of aliphatic carboxylic acids is 1. The fraction of sp³-hybridized carbons (Fsp3) is 0.400. The van der Waals surface area contributed by atoms with Crippen molar-refractivity contribution >= 4 is 35.1 Å². The highest BCUT2D eigenvalue weighted by Gasteiger charge is 2.18. The number of allylic oxidation sites excluding steroid dienone is 1. The highest BCUT2D eigenvalue weighted by Crippen LogP contribution is 2.18. The molecule has 0 amide bonds. The van der Waals surface area contributed by atoms with Crippen LogP contribution in [0, 0.1) is 11.8 Å². The van der Waals surface area contributed by atoms with E-state index in [1.165, 1.54) is 6.08 Å². The molecule has 9 heteroatoms. The second-order valence-electron chi connectivity index (χ2n) is 5.35. The van der Waals surface area contributed by atoms with Crippen molar-refractivity contribution in [3.63, 3.8) is 0 Å². The van der Waals surface area contributed by atoms with Crippen LogP contribution in [0.4, 0.5) is 0 Å². The van der Waals surface area contributed by atoms with Gasteiger partial charge >= 0.3 is 11.9 Å². The predicted molar refractivity (Wildman–Crippen MR) is 108 cm³/mol. The lowest BCUT2D eigenvalue weighted by atomic mass is 10.2. The average Bonchev–Trinajstić information content (AvgIpc) is 2.69. The number of ether oxygens (including phenoxy) is 4. The molecule has 0 heterocycles. The van der Waals surface area contributed by atoms with Gasteiger partial charge in [-0.15, -0.1) is 0 Å². The number of carboxylic acids is 1. The lowest BCUT2D eigenvalue weighted by Crippen LogP contribution is -2.23. The van der Waals surface area contributed by atoms with E-state index in [1.54, 1.807) is 24.3 Å². The number of halogens is 2. The van der Waals surface area contributed by atoms with Gasteiger partial charge in [-0.3, -0.25) is 0 Å². The largest absolute Gasteiger partial charge is 0.478 e. The van der Waals surface area contributed by atoms with E-state index in [9.17, 15) is 9.59 Å². The summed E-state index contributed by atoms with van der Waals surface area (Å²) in [4.78, 5) is 22.9. The lowest BCUT2D eigenvalue weighted by molar-refractivity contribution is -0.146. The maximum Gasteiger partial charge on any atom is 0.364 e. The summed E-state index contributed by atoms with van der Waals surface area (Å²) in [6.07, 6.45) is 1.43. The molecule has 0 bridgehead atoms. The molecular weight excluding hydrogens is 423 g/mol. The molecule has 0 saturated heterocycles. The molecule has 0 aliphatic heterocycles. The van der Waals surface area contributed by atoms with E-state index in [-0.39, 0.29) is 25.2 Å². The SMILES string of the molecule is CCOCCOCCC(=CC#CCOC(=O)C(Cl)Oc1ccc(Cl)cc1)C(=O)O. The zero-order valence-corrected chi connectivity index (χ0v) is 17.4. The van der Waals surface area contributed by atoms with E-state index in [0.717, 1.165) is 0 Å². The van der Waals surface area contributed by atoms with Gasteiger partial charge in [-0.05, 0) is 37.3 Å². The van der Waals surface area contributed by atoms with Crippen LogP contribution < -0.4 is 4.74 Å². The van der Waals surface area contributed by atoms with E-state index >= 15 is 0 Å². The number of esters is 1. The van der Waals surface area contributed by atoms with Crippen LogP contribution in [-0.4, -0.2) is 55.6 Å². The topological polar surface area (TPSA) is 91.3 Å². The summed E-state index contributed by atoms with van der Waals surface area (Å²) < 4.78 is 20.5. The summed E-state index contributed by atoms with van der Waals surface area (Å²) in [6.45, 7) is 3.29. The molecule has 29 heavy (non-hydrogen) atoms. The van der Waals surface area contributed by atoms with Gasteiger partial charge < -0.3 is 24.1 Å². The van der Waals surface area contributed by atoms with Crippen LogP contribution in [0.2, 0.25) is 5.02 Å². The quantitative estimate of drug-likeness (QED) is 0.174. The Balaban J connectivity index is 2.37. The summed E-state index contributed by atoms with van der Waals surface area (Å²) >= 11 is 11.6. The fourth-order valence-corrected chi connectivity index (χ4v) is 2.11. The molecule has 0 radical (unpaired) electrons. The summed E-state index contributed by atoms with van der Waals surface area (Å²) in [5.74, 6) is 3.49. The maximum absolute atomic E-state index is 11.8. The Morgan fingerprint density at radius 1 is 1.17 bits per heavy atom. The molecule has 0 saturated carbocycles. The van der Waals surface area contributed by atoms with Crippen LogP contribution in [0.3, 0.4) is 0 Å². The van der Waals surface area contributed by atoms with Gasteiger partial charge in [-0.25, -0.2) is 9.59 Å². The maximum atomic E-state index is 11.8. The zero-order chi connectivity index (χ0) is 21.5.